The molecule has 0 saturated carbocycles. The van der Waals surface area contributed by atoms with Gasteiger partial charge in [0.25, 0.3) is 0 Å². The molecule has 0 unspecified atom stereocenters. The molecular formula is C12H20NO5P. The molecule has 0 atom stereocenters. The Balaban J connectivity index is 3.23. The summed E-state index contributed by atoms with van der Waals surface area (Å²) in [5, 5.41) is 2.63. The van der Waals surface area contributed by atoms with Crippen LogP contribution in [0.5, 0.6) is 0 Å². The van der Waals surface area contributed by atoms with Gasteiger partial charge in [-0.15, -0.1) is 0 Å². The van der Waals surface area contributed by atoms with E-state index in [9.17, 15) is 14.2 Å². The van der Waals surface area contributed by atoms with E-state index in [1.54, 1.807) is 6.92 Å². The van der Waals surface area contributed by atoms with E-state index in [4.69, 9.17) is 9.47 Å². The molecule has 0 aliphatic heterocycles. The fraction of sp³-hybridized carbons (Fsp3) is 0.667. The Kier molecular flexibility index (Phi) is 11.3. The van der Waals surface area contributed by atoms with E-state index in [0.717, 1.165) is 0 Å². The van der Waals surface area contributed by atoms with Crippen LogP contribution in [0.25, 0.3) is 0 Å². The highest BCUT2D eigenvalue weighted by Gasteiger charge is 2.01. The Morgan fingerprint density at radius 1 is 1.16 bits per heavy atom. The van der Waals surface area contributed by atoms with Gasteiger partial charge in [0.1, 0.15) is 5.78 Å². The number of Topliss-reactive ketones (excluding diaryl/α,β-unsaturated/α-hetero) is 1. The molecule has 0 aromatic rings. The first-order valence-electron chi connectivity index (χ1n) is 5.98. The highest BCUT2D eigenvalue weighted by atomic mass is 31.1. The first-order chi connectivity index (χ1) is 9.07. The van der Waals surface area contributed by atoms with E-state index in [-0.39, 0.29) is 32.7 Å². The Morgan fingerprint density at radius 2 is 1.79 bits per heavy atom. The lowest BCUT2D eigenvalue weighted by Gasteiger charge is -2.06. The summed E-state index contributed by atoms with van der Waals surface area (Å²) in [5.74, 6) is -0.267. The maximum absolute atomic E-state index is 11.1. The molecule has 0 radical (unpaired) electrons. The van der Waals surface area contributed by atoms with Crippen molar-refractivity contribution in [1.29, 1.82) is 0 Å². The fourth-order valence-electron chi connectivity index (χ4n) is 1.05. The number of hydrogen-bond donors (Lipinski definition) is 1. The summed E-state index contributed by atoms with van der Waals surface area (Å²) < 4.78 is 20.5. The van der Waals surface area contributed by atoms with Crippen molar-refractivity contribution in [2.45, 2.75) is 13.3 Å². The average Bonchev–Trinajstić information content (AvgIpc) is 2.36. The maximum atomic E-state index is 11.1. The topological polar surface area (TPSA) is 81.7 Å². The highest BCUT2D eigenvalue weighted by molar-refractivity contribution is 7.25. The fourth-order valence-corrected chi connectivity index (χ4v) is 1.35. The van der Waals surface area contributed by atoms with Crippen LogP contribution in [-0.4, -0.2) is 50.8 Å². The van der Waals surface area contributed by atoms with Crippen LogP contribution in [-0.2, 0) is 23.6 Å². The summed E-state index contributed by atoms with van der Waals surface area (Å²) in [4.78, 5) is 22.1. The highest BCUT2D eigenvalue weighted by Crippen LogP contribution is 1.95. The van der Waals surface area contributed by atoms with Crippen LogP contribution in [0.1, 0.15) is 13.3 Å². The second-order valence-corrected chi connectivity index (χ2v) is 4.41. The monoisotopic (exact) mass is 289 g/mol. The zero-order valence-electron chi connectivity index (χ0n) is 11.1. The zero-order valence-corrected chi connectivity index (χ0v) is 12.0. The minimum atomic E-state index is -0.184. The lowest BCUT2D eigenvalue weighted by atomic mass is 10.3. The lowest BCUT2D eigenvalue weighted by molar-refractivity contribution is -0.118. The molecule has 1 amide bonds. The van der Waals surface area contributed by atoms with E-state index in [1.165, 1.54) is 0 Å². The van der Waals surface area contributed by atoms with Crippen molar-refractivity contribution in [1.82, 2.24) is 5.32 Å². The molecule has 0 aromatic heterocycles. The molecule has 0 heterocycles. The van der Waals surface area contributed by atoms with Crippen LogP contribution in [0.2, 0.25) is 0 Å². The van der Waals surface area contributed by atoms with Gasteiger partial charge in [-0.25, -0.2) is 0 Å². The summed E-state index contributed by atoms with van der Waals surface area (Å²) >= 11 is 0. The van der Waals surface area contributed by atoms with Crippen LogP contribution in [0.4, 0.5) is 0 Å². The van der Waals surface area contributed by atoms with Crippen LogP contribution in [0, 0.1) is 0 Å². The van der Waals surface area contributed by atoms with Gasteiger partial charge in [-0.3, -0.25) is 14.2 Å². The van der Waals surface area contributed by atoms with Crippen LogP contribution in [0.3, 0.4) is 0 Å². The molecular weight excluding hydrogens is 269 g/mol. The van der Waals surface area contributed by atoms with Crippen LogP contribution < -0.4 is 5.32 Å². The van der Waals surface area contributed by atoms with Gasteiger partial charge >= 0.3 is 0 Å². The van der Waals surface area contributed by atoms with Gasteiger partial charge in [0.15, 0.2) is 8.46 Å². The smallest absolute Gasteiger partial charge is 0.246 e. The molecule has 0 bridgehead atoms. The van der Waals surface area contributed by atoms with Crippen molar-refractivity contribution in [2.24, 2.45) is 0 Å². The summed E-state index contributed by atoms with van der Waals surface area (Å²) in [6.45, 7) is 7.06. The minimum Gasteiger partial charge on any atom is -0.379 e. The van der Waals surface area contributed by atoms with Crippen molar-refractivity contribution in [3.05, 3.63) is 12.2 Å². The first-order valence-corrected chi connectivity index (χ1v) is 6.97. The van der Waals surface area contributed by atoms with Crippen molar-refractivity contribution < 1.29 is 23.6 Å². The van der Waals surface area contributed by atoms with Gasteiger partial charge in [0.05, 0.1) is 32.6 Å². The molecule has 6 nitrogen and oxygen atoms in total. The zero-order chi connectivity index (χ0) is 14.5. The standard InChI is InChI=1S/C12H20NO5P/c1-10(2)12(15)13-4-6-18-8-7-17-5-3-11(14)9-19-16/h1,3-9H2,2H3,(H,13,15). The number of amides is 1. The molecule has 19 heavy (non-hydrogen) atoms. The number of ketones is 1. The molecule has 7 heteroatoms. The van der Waals surface area contributed by atoms with Gasteiger partial charge in [-0.1, -0.05) is 6.58 Å². The van der Waals surface area contributed by atoms with Gasteiger partial charge in [0.2, 0.25) is 5.91 Å². The minimum absolute atomic E-state index is 0.0439. The number of rotatable bonds is 12. The van der Waals surface area contributed by atoms with Crippen molar-refractivity contribution >= 4 is 20.2 Å². The van der Waals surface area contributed by atoms with Gasteiger partial charge in [-0.2, -0.15) is 0 Å². The largest absolute Gasteiger partial charge is 0.379 e. The molecule has 0 saturated heterocycles. The van der Waals surface area contributed by atoms with E-state index in [2.05, 4.69) is 11.9 Å². The van der Waals surface area contributed by atoms with Crippen molar-refractivity contribution in [3.63, 3.8) is 0 Å². The quantitative estimate of drug-likeness (QED) is 0.329. The Hall–Kier alpha value is -1.10. The molecule has 108 valence electrons. The molecule has 0 rings (SSSR count). The van der Waals surface area contributed by atoms with Crippen LogP contribution >= 0.6 is 8.46 Å². The normalized spacial score (nSPS) is 10.4. The molecule has 0 fully saturated rings. The third kappa shape index (κ3) is 11.7. The molecule has 0 spiro atoms. The second-order valence-electron chi connectivity index (χ2n) is 3.84. The predicted molar refractivity (Wildman–Crippen MR) is 71.6 cm³/mol. The van der Waals surface area contributed by atoms with Gasteiger partial charge < -0.3 is 14.8 Å². The van der Waals surface area contributed by atoms with E-state index >= 15 is 0 Å². The third-order valence-corrected chi connectivity index (χ3v) is 2.54. The Labute approximate surface area is 114 Å². The van der Waals surface area contributed by atoms with E-state index < -0.39 is 0 Å². The summed E-state index contributed by atoms with van der Waals surface area (Å²) in [5.41, 5.74) is 0.463. The second kappa shape index (κ2) is 12.0. The van der Waals surface area contributed by atoms with E-state index in [0.29, 0.717) is 38.5 Å². The maximum Gasteiger partial charge on any atom is 0.246 e. The molecule has 0 aromatic carbocycles. The summed E-state index contributed by atoms with van der Waals surface area (Å²) in [6, 6.07) is 0. The van der Waals surface area contributed by atoms with E-state index in [1.807, 2.05) is 0 Å². The number of carbonyl (C=O) groups is 2. The molecule has 0 aliphatic carbocycles. The predicted octanol–water partition coefficient (Wildman–Crippen LogP) is 0.963. The molecule has 1 N–H and O–H groups in total. The van der Waals surface area contributed by atoms with Crippen molar-refractivity contribution in [2.75, 3.05) is 39.1 Å². The van der Waals surface area contributed by atoms with Gasteiger partial charge in [0, 0.05) is 18.5 Å². The summed E-state index contributed by atoms with van der Waals surface area (Å²) in [6.07, 6.45) is 0.312. The van der Waals surface area contributed by atoms with Crippen LogP contribution in [0.15, 0.2) is 12.2 Å². The SMILES string of the molecule is C=C(C)C(=O)NCCOCCOCCC(=O)CP=O. The number of ether oxygens (including phenoxy) is 2. The average molecular weight is 289 g/mol. The number of hydrogen-bond acceptors (Lipinski definition) is 5. The number of nitrogens with one attached hydrogen (secondary N) is 1. The summed E-state index contributed by atoms with van der Waals surface area (Å²) in [7, 11) is -0.152. The molecule has 0 aliphatic rings. The number of carbonyl (C=O) groups excluding carboxylic acids is 2. The van der Waals surface area contributed by atoms with Crippen molar-refractivity contribution in [3.8, 4) is 0 Å². The third-order valence-electron chi connectivity index (χ3n) is 2.06. The Morgan fingerprint density at radius 3 is 2.37 bits per heavy atom. The Bertz CT molecular complexity index is 319. The first kappa shape index (κ1) is 17.9. The van der Waals surface area contributed by atoms with Gasteiger partial charge in [-0.05, 0) is 6.92 Å². The lowest BCUT2D eigenvalue weighted by Crippen LogP contribution is -2.27.